The summed E-state index contributed by atoms with van der Waals surface area (Å²) in [6, 6.07) is 6.36. The monoisotopic (exact) mass is 295 g/mol. The summed E-state index contributed by atoms with van der Waals surface area (Å²) in [6.45, 7) is 1.81. The van der Waals surface area contributed by atoms with Crippen molar-refractivity contribution in [3.8, 4) is 0 Å². The zero-order valence-corrected chi connectivity index (χ0v) is 12.1. The molecule has 1 aromatic rings. The standard InChI is InChI=1S/C15H18ClNO3/c1-2-3-4-13(15(19)20)17-14(18)10-7-11-5-8-12(16)9-6-11/h2-3,5-6,8-9,13H,4,7,10H2,1H3,(H,17,18)(H,19,20)/b3-2+. The van der Waals surface area contributed by atoms with Gasteiger partial charge in [0.25, 0.3) is 0 Å². The van der Waals surface area contributed by atoms with E-state index in [1.54, 1.807) is 31.2 Å². The SMILES string of the molecule is C/C=C/CC(NC(=O)CCc1ccc(Cl)cc1)C(=O)O. The van der Waals surface area contributed by atoms with Gasteiger partial charge in [0, 0.05) is 11.4 Å². The molecule has 1 rings (SSSR count). The molecule has 0 fully saturated rings. The fourth-order valence-corrected chi connectivity index (χ4v) is 1.80. The predicted octanol–water partition coefficient (Wildman–Crippen LogP) is 2.81. The molecule has 0 saturated carbocycles. The summed E-state index contributed by atoms with van der Waals surface area (Å²) in [5.41, 5.74) is 0.991. The van der Waals surface area contributed by atoms with E-state index >= 15 is 0 Å². The van der Waals surface area contributed by atoms with Crippen molar-refractivity contribution in [3.05, 3.63) is 47.0 Å². The number of carbonyl (C=O) groups is 2. The minimum Gasteiger partial charge on any atom is -0.480 e. The summed E-state index contributed by atoms with van der Waals surface area (Å²) in [5.74, 6) is -1.29. The molecule has 108 valence electrons. The Morgan fingerprint density at radius 2 is 2.00 bits per heavy atom. The molecule has 2 N–H and O–H groups in total. The van der Waals surface area contributed by atoms with E-state index in [9.17, 15) is 9.59 Å². The summed E-state index contributed by atoms with van der Waals surface area (Å²) in [7, 11) is 0. The molecule has 0 aliphatic heterocycles. The molecule has 0 aromatic heterocycles. The molecule has 0 spiro atoms. The first-order valence-corrected chi connectivity index (χ1v) is 6.78. The van der Waals surface area contributed by atoms with Crippen LogP contribution in [0.2, 0.25) is 5.02 Å². The van der Waals surface area contributed by atoms with Gasteiger partial charge in [0.15, 0.2) is 0 Å². The van der Waals surface area contributed by atoms with Gasteiger partial charge >= 0.3 is 5.97 Å². The number of hydrogen-bond donors (Lipinski definition) is 2. The van der Waals surface area contributed by atoms with E-state index in [1.165, 1.54) is 0 Å². The van der Waals surface area contributed by atoms with Crippen LogP contribution in [0.25, 0.3) is 0 Å². The van der Waals surface area contributed by atoms with Crippen LogP contribution in [0.15, 0.2) is 36.4 Å². The van der Waals surface area contributed by atoms with Gasteiger partial charge in [0.1, 0.15) is 6.04 Å². The third-order valence-corrected chi connectivity index (χ3v) is 3.05. The van der Waals surface area contributed by atoms with Gasteiger partial charge in [0.05, 0.1) is 0 Å². The van der Waals surface area contributed by atoms with Crippen molar-refractivity contribution in [2.45, 2.75) is 32.2 Å². The first-order valence-electron chi connectivity index (χ1n) is 6.40. The van der Waals surface area contributed by atoms with Gasteiger partial charge in [-0.25, -0.2) is 4.79 Å². The van der Waals surface area contributed by atoms with Gasteiger partial charge < -0.3 is 10.4 Å². The largest absolute Gasteiger partial charge is 0.480 e. The first kappa shape index (κ1) is 16.2. The molecular weight excluding hydrogens is 278 g/mol. The number of amides is 1. The lowest BCUT2D eigenvalue weighted by atomic mass is 10.1. The average Bonchev–Trinajstić information content (AvgIpc) is 2.42. The Hall–Kier alpha value is -1.81. The van der Waals surface area contributed by atoms with Crippen LogP contribution in [0, 0.1) is 0 Å². The van der Waals surface area contributed by atoms with Crippen LogP contribution in [0.1, 0.15) is 25.3 Å². The molecule has 0 radical (unpaired) electrons. The fraction of sp³-hybridized carbons (Fsp3) is 0.333. The molecule has 0 heterocycles. The van der Waals surface area contributed by atoms with Gasteiger partial charge in [-0.15, -0.1) is 0 Å². The summed E-state index contributed by atoms with van der Waals surface area (Å²) in [6.07, 6.45) is 4.58. The molecule has 1 aromatic carbocycles. The molecule has 1 atom stereocenters. The molecule has 0 aliphatic rings. The minimum absolute atomic E-state index is 0.251. The highest BCUT2D eigenvalue weighted by Crippen LogP contribution is 2.11. The smallest absolute Gasteiger partial charge is 0.326 e. The number of carbonyl (C=O) groups excluding carboxylic acids is 1. The van der Waals surface area contributed by atoms with Crippen LogP contribution < -0.4 is 5.32 Å². The second-order valence-corrected chi connectivity index (χ2v) is 4.83. The number of halogens is 1. The molecular formula is C15H18ClNO3. The molecule has 4 nitrogen and oxygen atoms in total. The summed E-state index contributed by atoms with van der Waals surface area (Å²) in [4.78, 5) is 22.7. The van der Waals surface area contributed by atoms with E-state index in [4.69, 9.17) is 16.7 Å². The summed E-state index contributed by atoms with van der Waals surface area (Å²) < 4.78 is 0. The molecule has 1 unspecified atom stereocenters. The van der Waals surface area contributed by atoms with Gasteiger partial charge in [-0.1, -0.05) is 35.9 Å². The van der Waals surface area contributed by atoms with Gasteiger partial charge in [0.2, 0.25) is 5.91 Å². The van der Waals surface area contributed by atoms with Gasteiger partial charge in [-0.3, -0.25) is 4.79 Å². The van der Waals surface area contributed by atoms with E-state index in [0.29, 0.717) is 17.9 Å². The molecule has 1 amide bonds. The highest BCUT2D eigenvalue weighted by Gasteiger charge is 2.17. The number of carboxylic acids is 1. The Balaban J connectivity index is 2.45. The number of benzene rings is 1. The maximum absolute atomic E-state index is 11.7. The predicted molar refractivity (Wildman–Crippen MR) is 78.8 cm³/mol. The minimum atomic E-state index is -1.03. The maximum atomic E-state index is 11.7. The number of carboxylic acid groups (broad SMARTS) is 1. The molecule has 0 saturated heterocycles. The van der Waals surface area contributed by atoms with Crippen LogP contribution in [0.4, 0.5) is 0 Å². The summed E-state index contributed by atoms with van der Waals surface area (Å²) >= 11 is 5.78. The van der Waals surface area contributed by atoms with Crippen molar-refractivity contribution in [1.82, 2.24) is 5.32 Å². The zero-order valence-electron chi connectivity index (χ0n) is 11.3. The Kier molecular flexibility index (Phi) is 6.81. The van der Waals surface area contributed by atoms with Crippen molar-refractivity contribution >= 4 is 23.5 Å². The Morgan fingerprint density at radius 3 is 2.55 bits per heavy atom. The fourth-order valence-electron chi connectivity index (χ4n) is 1.67. The van der Waals surface area contributed by atoms with E-state index in [0.717, 1.165) is 5.56 Å². The quantitative estimate of drug-likeness (QED) is 0.760. The van der Waals surface area contributed by atoms with E-state index in [-0.39, 0.29) is 12.3 Å². The Labute approximate surface area is 123 Å². The van der Waals surface area contributed by atoms with Crippen molar-refractivity contribution in [2.24, 2.45) is 0 Å². The average molecular weight is 296 g/mol. The van der Waals surface area contributed by atoms with Gasteiger partial charge in [-0.05, 0) is 37.5 Å². The van der Waals surface area contributed by atoms with Crippen molar-refractivity contribution in [2.75, 3.05) is 0 Å². The van der Waals surface area contributed by atoms with Crippen LogP contribution >= 0.6 is 11.6 Å². The lowest BCUT2D eigenvalue weighted by Gasteiger charge is -2.12. The zero-order chi connectivity index (χ0) is 15.0. The topological polar surface area (TPSA) is 66.4 Å². The number of aliphatic carboxylic acids is 1. The van der Waals surface area contributed by atoms with Crippen molar-refractivity contribution in [3.63, 3.8) is 0 Å². The molecule has 5 heteroatoms. The highest BCUT2D eigenvalue weighted by atomic mass is 35.5. The number of nitrogens with one attached hydrogen (secondary N) is 1. The summed E-state index contributed by atoms with van der Waals surface area (Å²) in [5, 5.41) is 12.2. The lowest BCUT2D eigenvalue weighted by molar-refractivity contribution is -0.141. The van der Waals surface area contributed by atoms with Crippen LogP contribution in [-0.4, -0.2) is 23.0 Å². The third-order valence-electron chi connectivity index (χ3n) is 2.79. The maximum Gasteiger partial charge on any atom is 0.326 e. The first-order chi connectivity index (χ1) is 9.52. The van der Waals surface area contributed by atoms with Crippen molar-refractivity contribution in [1.29, 1.82) is 0 Å². The number of rotatable bonds is 7. The van der Waals surface area contributed by atoms with Gasteiger partial charge in [-0.2, -0.15) is 0 Å². The normalized spacial score (nSPS) is 12.3. The van der Waals surface area contributed by atoms with E-state index < -0.39 is 12.0 Å². The second-order valence-electron chi connectivity index (χ2n) is 4.39. The van der Waals surface area contributed by atoms with Crippen LogP contribution in [-0.2, 0) is 16.0 Å². The second kappa shape index (κ2) is 8.38. The lowest BCUT2D eigenvalue weighted by Crippen LogP contribution is -2.40. The number of allylic oxidation sites excluding steroid dienone is 1. The molecule has 0 aliphatic carbocycles. The molecule has 0 bridgehead atoms. The number of aryl methyl sites for hydroxylation is 1. The van der Waals surface area contributed by atoms with E-state index in [2.05, 4.69) is 5.32 Å². The van der Waals surface area contributed by atoms with Crippen LogP contribution in [0.5, 0.6) is 0 Å². The third kappa shape index (κ3) is 5.89. The number of hydrogen-bond acceptors (Lipinski definition) is 2. The molecule has 20 heavy (non-hydrogen) atoms. The van der Waals surface area contributed by atoms with E-state index in [1.807, 2.05) is 12.1 Å². The highest BCUT2D eigenvalue weighted by molar-refractivity contribution is 6.30. The Bertz CT molecular complexity index is 482. The Morgan fingerprint density at radius 1 is 1.35 bits per heavy atom. The van der Waals surface area contributed by atoms with Crippen molar-refractivity contribution < 1.29 is 14.7 Å². The van der Waals surface area contributed by atoms with Crippen LogP contribution in [0.3, 0.4) is 0 Å².